The molecule has 0 spiro atoms. The predicted molar refractivity (Wildman–Crippen MR) is 154 cm³/mol. The monoisotopic (exact) mass is 580 g/mol. The Labute approximate surface area is 237 Å². The molecule has 2 heterocycles. The zero-order valence-corrected chi connectivity index (χ0v) is 23.2. The van der Waals surface area contributed by atoms with Crippen molar-refractivity contribution < 1.29 is 19.1 Å². The molecule has 5 aromatic rings. The summed E-state index contributed by atoms with van der Waals surface area (Å²) in [6.45, 7) is 1.76. The van der Waals surface area contributed by atoms with E-state index in [0.717, 1.165) is 11.3 Å². The molecule has 11 heteroatoms. The third-order valence-electron chi connectivity index (χ3n) is 5.93. The van der Waals surface area contributed by atoms with Crippen LogP contribution in [0.4, 0.5) is 5.13 Å². The van der Waals surface area contributed by atoms with Crippen LogP contribution in [0.1, 0.15) is 23.7 Å². The number of hydrogen-bond donors (Lipinski definition) is 2. The Morgan fingerprint density at radius 3 is 2.56 bits per heavy atom. The average Bonchev–Trinajstić information content (AvgIpc) is 3.58. The first-order valence-electron chi connectivity index (χ1n) is 11.9. The fourth-order valence-electron chi connectivity index (χ4n) is 3.88. The summed E-state index contributed by atoms with van der Waals surface area (Å²) < 4.78 is 10.8. The molecule has 0 aliphatic heterocycles. The molecule has 0 saturated carbocycles. The average molecular weight is 581 g/mol. The number of amides is 1. The van der Waals surface area contributed by atoms with Crippen molar-refractivity contribution in [1.82, 2.24) is 15.0 Å². The number of fused-ring (bicyclic) bond motifs is 1. The highest BCUT2D eigenvalue weighted by Crippen LogP contribution is 2.32. The number of ether oxygens (including phenoxy) is 2. The Hall–Kier alpha value is -3.92. The smallest absolute Gasteiger partial charge is 0.338 e. The molecule has 0 saturated heterocycles. The maximum atomic E-state index is 12.9. The second kappa shape index (κ2) is 11.4. The van der Waals surface area contributed by atoms with Crippen molar-refractivity contribution in [3.05, 3.63) is 81.7 Å². The van der Waals surface area contributed by atoms with Crippen molar-refractivity contribution in [1.29, 1.82) is 0 Å². The number of aromatic nitrogens is 3. The summed E-state index contributed by atoms with van der Waals surface area (Å²) in [7, 11) is 1.61. The van der Waals surface area contributed by atoms with Gasteiger partial charge in [0.1, 0.15) is 11.6 Å². The van der Waals surface area contributed by atoms with E-state index in [1.54, 1.807) is 55.8 Å². The number of anilines is 1. The van der Waals surface area contributed by atoms with Crippen molar-refractivity contribution >= 4 is 62.6 Å². The van der Waals surface area contributed by atoms with Gasteiger partial charge in [0.05, 0.1) is 34.4 Å². The summed E-state index contributed by atoms with van der Waals surface area (Å²) in [5.41, 5.74) is 3.84. The van der Waals surface area contributed by atoms with Crippen molar-refractivity contribution in [2.75, 3.05) is 12.4 Å². The molecule has 2 aromatic heterocycles. The fraction of sp³-hybridized carbons (Fsp3) is 0.143. The lowest BCUT2D eigenvalue weighted by molar-refractivity contribution is -0.124. The Balaban J connectivity index is 1.27. The Morgan fingerprint density at radius 1 is 1.05 bits per heavy atom. The number of esters is 1. The van der Waals surface area contributed by atoms with Gasteiger partial charge in [0.2, 0.25) is 0 Å². The number of methoxy groups -OCH3 is 1. The van der Waals surface area contributed by atoms with Gasteiger partial charge in [0.15, 0.2) is 11.2 Å². The molecule has 5 rings (SSSR count). The normalized spacial score (nSPS) is 11.8. The van der Waals surface area contributed by atoms with Crippen LogP contribution in [0.15, 0.2) is 66.0 Å². The number of nitrogens with one attached hydrogen (secondary N) is 2. The highest BCUT2D eigenvalue weighted by molar-refractivity contribution is 7.14. The summed E-state index contributed by atoms with van der Waals surface area (Å²) in [5, 5.41) is 5.84. The van der Waals surface area contributed by atoms with Crippen molar-refractivity contribution in [2.45, 2.75) is 19.4 Å². The van der Waals surface area contributed by atoms with Gasteiger partial charge in [-0.25, -0.2) is 14.8 Å². The molecule has 0 bridgehead atoms. The number of hydrogen-bond acceptors (Lipinski definition) is 7. The van der Waals surface area contributed by atoms with Crippen molar-refractivity contribution in [3.63, 3.8) is 0 Å². The molecule has 0 radical (unpaired) electrons. The van der Waals surface area contributed by atoms with Gasteiger partial charge in [-0.05, 0) is 67.1 Å². The zero-order valence-electron chi connectivity index (χ0n) is 20.8. The standard InChI is InChI=1S/C28H22Cl2N4O4S/c1-3-24(26(35)34-28-33-23(14-39-28)19-10-7-17(29)13-20(19)30)38-27(36)16-6-11-21-22(12-16)32-25(31-21)15-4-8-18(37-2)9-5-15/h4-14,24H,3H2,1-2H3,(H,31,32)(H,33,34,35). The molecule has 198 valence electrons. The van der Waals surface area contributed by atoms with E-state index in [4.69, 9.17) is 32.7 Å². The van der Waals surface area contributed by atoms with Gasteiger partial charge in [-0.15, -0.1) is 11.3 Å². The van der Waals surface area contributed by atoms with Crippen LogP contribution in [0.3, 0.4) is 0 Å². The summed E-state index contributed by atoms with van der Waals surface area (Å²) in [4.78, 5) is 38.1. The highest BCUT2D eigenvalue weighted by atomic mass is 35.5. The first kappa shape index (κ1) is 26.7. The van der Waals surface area contributed by atoms with E-state index >= 15 is 0 Å². The quantitative estimate of drug-likeness (QED) is 0.187. The molecular weight excluding hydrogens is 559 g/mol. The molecule has 8 nitrogen and oxygen atoms in total. The van der Waals surface area contributed by atoms with E-state index in [2.05, 4.69) is 20.3 Å². The molecule has 39 heavy (non-hydrogen) atoms. The van der Waals surface area contributed by atoms with Gasteiger partial charge in [-0.1, -0.05) is 30.1 Å². The summed E-state index contributed by atoms with van der Waals surface area (Å²) in [5.74, 6) is 0.313. The topological polar surface area (TPSA) is 106 Å². The van der Waals surface area contributed by atoms with Crippen molar-refractivity contribution in [3.8, 4) is 28.4 Å². The van der Waals surface area contributed by atoms with Crippen LogP contribution in [0.5, 0.6) is 5.75 Å². The Bertz CT molecular complexity index is 1670. The molecule has 2 N–H and O–H groups in total. The van der Waals surface area contributed by atoms with Crippen LogP contribution in [0.25, 0.3) is 33.7 Å². The Kier molecular flexibility index (Phi) is 7.83. The molecule has 0 aliphatic rings. The maximum absolute atomic E-state index is 12.9. The van der Waals surface area contributed by atoms with E-state index in [9.17, 15) is 9.59 Å². The number of carbonyl (C=O) groups is 2. The molecule has 1 atom stereocenters. The lowest BCUT2D eigenvalue weighted by Crippen LogP contribution is -2.32. The lowest BCUT2D eigenvalue weighted by Gasteiger charge is -2.15. The first-order valence-corrected chi connectivity index (χ1v) is 13.5. The van der Waals surface area contributed by atoms with Crippen LogP contribution >= 0.6 is 34.5 Å². The van der Waals surface area contributed by atoms with Gasteiger partial charge < -0.3 is 14.5 Å². The number of nitrogens with zero attached hydrogens (tertiary/aromatic N) is 2. The number of carbonyl (C=O) groups excluding carboxylic acids is 2. The predicted octanol–water partition coefficient (Wildman–Crippen LogP) is 7.24. The zero-order chi connectivity index (χ0) is 27.5. The minimum Gasteiger partial charge on any atom is -0.497 e. The lowest BCUT2D eigenvalue weighted by atomic mass is 10.2. The minimum atomic E-state index is -1.00. The third kappa shape index (κ3) is 5.90. The van der Waals surface area contributed by atoms with Crippen LogP contribution in [0, 0.1) is 0 Å². The maximum Gasteiger partial charge on any atom is 0.338 e. The van der Waals surface area contributed by atoms with E-state index in [0.29, 0.717) is 48.9 Å². The van der Waals surface area contributed by atoms with Gasteiger partial charge >= 0.3 is 5.97 Å². The number of benzene rings is 3. The number of H-pyrrole nitrogens is 1. The molecule has 1 amide bonds. The van der Waals surface area contributed by atoms with Crippen LogP contribution < -0.4 is 10.1 Å². The number of rotatable bonds is 8. The van der Waals surface area contributed by atoms with Gasteiger partial charge in [0, 0.05) is 21.5 Å². The summed E-state index contributed by atoms with van der Waals surface area (Å²) in [6, 6.07) is 17.6. The number of halogens is 2. The molecule has 0 fully saturated rings. The number of thiazole rings is 1. The van der Waals surface area contributed by atoms with Crippen LogP contribution in [0.2, 0.25) is 10.0 Å². The van der Waals surface area contributed by atoms with Gasteiger partial charge in [0.25, 0.3) is 5.91 Å². The minimum absolute atomic E-state index is 0.284. The van der Waals surface area contributed by atoms with Crippen LogP contribution in [-0.2, 0) is 9.53 Å². The fourth-order valence-corrected chi connectivity index (χ4v) is 5.10. The Morgan fingerprint density at radius 2 is 1.85 bits per heavy atom. The van der Waals surface area contributed by atoms with E-state index in [-0.39, 0.29) is 6.42 Å². The third-order valence-corrected chi connectivity index (χ3v) is 7.24. The molecule has 1 unspecified atom stereocenters. The highest BCUT2D eigenvalue weighted by Gasteiger charge is 2.24. The van der Waals surface area contributed by atoms with E-state index in [1.807, 2.05) is 24.3 Å². The van der Waals surface area contributed by atoms with E-state index < -0.39 is 18.0 Å². The van der Waals surface area contributed by atoms with Gasteiger partial charge in [-0.3, -0.25) is 10.1 Å². The van der Waals surface area contributed by atoms with Crippen LogP contribution in [-0.4, -0.2) is 40.0 Å². The number of imidazole rings is 1. The van der Waals surface area contributed by atoms with Gasteiger partial charge in [-0.2, -0.15) is 0 Å². The second-order valence-electron chi connectivity index (χ2n) is 8.50. The number of aromatic amines is 1. The molecule has 0 aliphatic carbocycles. The summed E-state index contributed by atoms with van der Waals surface area (Å²) in [6.07, 6.45) is -0.719. The summed E-state index contributed by atoms with van der Waals surface area (Å²) >= 11 is 13.5. The van der Waals surface area contributed by atoms with E-state index in [1.165, 1.54) is 11.3 Å². The SMILES string of the molecule is CCC(OC(=O)c1ccc2nc(-c3ccc(OC)cc3)[nH]c2c1)C(=O)Nc1nc(-c2ccc(Cl)cc2Cl)cs1. The first-order chi connectivity index (χ1) is 18.8. The largest absolute Gasteiger partial charge is 0.497 e. The molecule has 3 aromatic carbocycles. The molecular formula is C28H22Cl2N4O4S. The van der Waals surface area contributed by atoms with Crippen molar-refractivity contribution in [2.24, 2.45) is 0 Å². The second-order valence-corrected chi connectivity index (χ2v) is 10.2.